The Bertz CT molecular complexity index is 1270. The molecule has 35 heavy (non-hydrogen) atoms. The summed E-state index contributed by atoms with van der Waals surface area (Å²) in [5.41, 5.74) is 5.64. The molecule has 9 nitrogen and oxygen atoms in total. The van der Waals surface area contributed by atoms with Gasteiger partial charge in [-0.3, -0.25) is 14.2 Å². The van der Waals surface area contributed by atoms with Crippen LogP contribution in [0.4, 0.5) is 9.18 Å². The Hall–Kier alpha value is -3.31. The maximum absolute atomic E-state index is 13.3. The summed E-state index contributed by atoms with van der Waals surface area (Å²) in [5, 5.41) is 12.9. The van der Waals surface area contributed by atoms with Crippen LogP contribution in [0.1, 0.15) is 32.1 Å². The number of hydrogen-bond acceptors (Lipinski definition) is 7. The minimum Gasteiger partial charge on any atom is -0.450 e. The Morgan fingerprint density at radius 3 is 2.60 bits per heavy atom. The van der Waals surface area contributed by atoms with Crippen LogP contribution >= 0.6 is 11.3 Å². The summed E-state index contributed by atoms with van der Waals surface area (Å²) < 4.78 is 19.8. The molecular formula is C24H27FN4O5S. The molecular weight excluding hydrogens is 475 g/mol. The second kappa shape index (κ2) is 10.5. The molecule has 0 unspecified atom stereocenters. The van der Waals surface area contributed by atoms with E-state index in [4.69, 9.17) is 5.73 Å². The first kappa shape index (κ1) is 24.8. The van der Waals surface area contributed by atoms with Crippen molar-refractivity contribution in [2.75, 3.05) is 19.7 Å². The van der Waals surface area contributed by atoms with Crippen LogP contribution in [0.2, 0.25) is 0 Å². The number of likely N-dealkylation sites (tertiary alicyclic amines) is 1. The highest BCUT2D eigenvalue weighted by Crippen LogP contribution is 2.31. The average Bonchev–Trinajstić information content (AvgIpc) is 3.26. The van der Waals surface area contributed by atoms with Crippen LogP contribution in [0.3, 0.4) is 0 Å². The summed E-state index contributed by atoms with van der Waals surface area (Å²) in [6.45, 7) is 1.06. The highest BCUT2D eigenvalue weighted by Gasteiger charge is 2.34. The fourth-order valence-electron chi connectivity index (χ4n) is 4.25. The zero-order chi connectivity index (χ0) is 25.0. The van der Waals surface area contributed by atoms with E-state index < -0.39 is 11.7 Å². The number of unbranched alkanes of at least 4 members (excludes halogenated alkanes) is 1. The Labute approximate surface area is 204 Å². The van der Waals surface area contributed by atoms with Crippen molar-refractivity contribution in [2.24, 2.45) is 5.73 Å². The summed E-state index contributed by atoms with van der Waals surface area (Å²) in [4.78, 5) is 42.2. The van der Waals surface area contributed by atoms with Crippen molar-refractivity contribution in [1.82, 2.24) is 14.5 Å². The second-order valence-corrected chi connectivity index (χ2v) is 9.62. The molecule has 0 saturated carbocycles. The number of carbonyl (C=O) groups is 2. The van der Waals surface area contributed by atoms with Crippen molar-refractivity contribution in [3.63, 3.8) is 0 Å². The summed E-state index contributed by atoms with van der Waals surface area (Å²) in [5.74, 6) is -0.349. The van der Waals surface area contributed by atoms with Gasteiger partial charge in [0.1, 0.15) is 10.5 Å². The molecule has 1 fully saturated rings. The van der Waals surface area contributed by atoms with E-state index in [9.17, 15) is 23.9 Å². The van der Waals surface area contributed by atoms with Crippen LogP contribution < -0.4 is 11.3 Å². The Morgan fingerprint density at radius 1 is 1.20 bits per heavy atom. The lowest BCUT2D eigenvalue weighted by Crippen LogP contribution is -2.49. The largest absolute Gasteiger partial charge is 0.450 e. The molecule has 3 heterocycles. The van der Waals surface area contributed by atoms with E-state index in [-0.39, 0.29) is 30.4 Å². The number of aromatic nitrogens is 2. The van der Waals surface area contributed by atoms with Gasteiger partial charge in [0.05, 0.1) is 30.6 Å². The van der Waals surface area contributed by atoms with Gasteiger partial charge in [0, 0.05) is 30.5 Å². The van der Waals surface area contributed by atoms with Crippen LogP contribution in [0, 0.1) is 5.82 Å². The maximum atomic E-state index is 13.3. The van der Waals surface area contributed by atoms with Crippen molar-refractivity contribution < 1.29 is 23.8 Å². The molecule has 186 valence electrons. The molecule has 2 amide bonds. The molecule has 1 saturated heterocycles. The summed E-state index contributed by atoms with van der Waals surface area (Å²) >= 11 is 1.27. The molecule has 4 rings (SSSR count). The predicted molar refractivity (Wildman–Crippen MR) is 129 cm³/mol. The van der Waals surface area contributed by atoms with Crippen LogP contribution in [-0.4, -0.2) is 56.9 Å². The maximum Gasteiger partial charge on any atom is 0.404 e. The van der Waals surface area contributed by atoms with Gasteiger partial charge in [0.2, 0.25) is 5.91 Å². The number of nitrogens with two attached hydrogens (primary N) is 1. The van der Waals surface area contributed by atoms with E-state index >= 15 is 0 Å². The van der Waals surface area contributed by atoms with E-state index in [1.807, 2.05) is 5.38 Å². The van der Waals surface area contributed by atoms with E-state index in [1.54, 1.807) is 17.0 Å². The smallest absolute Gasteiger partial charge is 0.404 e. The summed E-state index contributed by atoms with van der Waals surface area (Å²) in [6.07, 6.45) is 2.76. The predicted octanol–water partition coefficient (Wildman–Crippen LogP) is 2.88. The number of fused-ring (bicyclic) bond motifs is 1. The fraction of sp³-hybridized carbons (Fsp3) is 0.417. The highest BCUT2D eigenvalue weighted by atomic mass is 32.1. The van der Waals surface area contributed by atoms with Gasteiger partial charge in [-0.1, -0.05) is 12.1 Å². The molecule has 3 N–H and O–H groups in total. The number of thiophene rings is 1. The zero-order valence-electron chi connectivity index (χ0n) is 19.1. The SMILES string of the molecule is NC(=O)OCCCCC(=O)N1CCC(O)(Cn2cnc3c(-c4ccc(F)cc4)csc3c2=O)CC1. The molecule has 0 atom stereocenters. The molecule has 1 aromatic carbocycles. The van der Waals surface area contributed by atoms with Gasteiger partial charge in [-0.05, 0) is 43.4 Å². The Balaban J connectivity index is 1.36. The normalized spacial score (nSPS) is 15.3. The van der Waals surface area contributed by atoms with E-state index in [2.05, 4.69) is 9.72 Å². The minimum absolute atomic E-state index is 0.0155. The number of ether oxygens (including phenoxy) is 1. The fourth-order valence-corrected chi connectivity index (χ4v) is 5.22. The lowest BCUT2D eigenvalue weighted by atomic mass is 9.91. The van der Waals surface area contributed by atoms with Gasteiger partial charge < -0.3 is 20.5 Å². The van der Waals surface area contributed by atoms with Crippen LogP contribution in [0.5, 0.6) is 0 Å². The van der Waals surface area contributed by atoms with Gasteiger partial charge in [-0.25, -0.2) is 14.2 Å². The van der Waals surface area contributed by atoms with E-state index in [1.165, 1.54) is 34.4 Å². The number of benzene rings is 1. The third-order valence-corrected chi connectivity index (χ3v) is 7.20. The van der Waals surface area contributed by atoms with Crippen molar-refractivity contribution in [3.8, 4) is 11.1 Å². The summed E-state index contributed by atoms with van der Waals surface area (Å²) in [7, 11) is 0. The average molecular weight is 503 g/mol. The first-order valence-corrected chi connectivity index (χ1v) is 12.3. The molecule has 3 aromatic rings. The van der Waals surface area contributed by atoms with Gasteiger partial charge in [-0.2, -0.15) is 0 Å². The molecule has 1 aliphatic rings. The number of halogens is 1. The topological polar surface area (TPSA) is 128 Å². The van der Waals surface area contributed by atoms with Crippen molar-refractivity contribution in [1.29, 1.82) is 0 Å². The van der Waals surface area contributed by atoms with Crippen LogP contribution in [0.25, 0.3) is 21.3 Å². The van der Waals surface area contributed by atoms with Crippen molar-refractivity contribution in [3.05, 3.63) is 52.1 Å². The molecule has 1 aliphatic heterocycles. The number of piperidine rings is 1. The van der Waals surface area contributed by atoms with E-state index in [0.29, 0.717) is 55.4 Å². The van der Waals surface area contributed by atoms with Gasteiger partial charge >= 0.3 is 6.09 Å². The number of aliphatic hydroxyl groups is 1. The van der Waals surface area contributed by atoms with Crippen LogP contribution in [-0.2, 0) is 16.1 Å². The quantitative estimate of drug-likeness (QED) is 0.456. The number of nitrogens with zero attached hydrogens (tertiary/aromatic N) is 3. The zero-order valence-corrected chi connectivity index (χ0v) is 19.9. The third-order valence-electron chi connectivity index (χ3n) is 6.24. The number of amides is 2. The first-order chi connectivity index (χ1) is 16.8. The number of hydrogen-bond donors (Lipinski definition) is 2. The van der Waals surface area contributed by atoms with Crippen LogP contribution in [0.15, 0.2) is 40.8 Å². The molecule has 0 radical (unpaired) electrons. The highest BCUT2D eigenvalue weighted by molar-refractivity contribution is 7.17. The number of rotatable bonds is 8. The summed E-state index contributed by atoms with van der Waals surface area (Å²) in [6, 6.07) is 6.03. The third kappa shape index (κ3) is 5.85. The molecule has 0 aliphatic carbocycles. The molecule has 2 aromatic heterocycles. The van der Waals surface area contributed by atoms with Crippen molar-refractivity contribution >= 4 is 33.6 Å². The monoisotopic (exact) mass is 502 g/mol. The minimum atomic E-state index is -1.12. The van der Waals surface area contributed by atoms with Gasteiger partial charge in [0.25, 0.3) is 5.56 Å². The Kier molecular flexibility index (Phi) is 7.46. The number of primary amides is 1. The molecule has 0 spiro atoms. The second-order valence-electron chi connectivity index (χ2n) is 8.74. The lowest BCUT2D eigenvalue weighted by molar-refractivity contribution is -0.136. The van der Waals surface area contributed by atoms with E-state index in [0.717, 1.165) is 11.1 Å². The number of carbonyl (C=O) groups excluding carboxylic acids is 2. The first-order valence-electron chi connectivity index (χ1n) is 11.4. The van der Waals surface area contributed by atoms with Crippen molar-refractivity contribution in [2.45, 2.75) is 44.2 Å². The standard InChI is InChI=1S/C24H27FN4O5S/c25-17-6-4-16(5-7-17)18-13-35-21-20(18)27-15-29(22(21)31)14-24(33)8-10-28(11-9-24)19(30)3-1-2-12-34-23(26)32/h4-7,13,15,33H,1-3,8-12,14H2,(H2,26,32). The molecule has 0 bridgehead atoms. The lowest BCUT2D eigenvalue weighted by Gasteiger charge is -2.38. The van der Waals surface area contributed by atoms with Gasteiger partial charge in [0.15, 0.2) is 0 Å². The Morgan fingerprint density at radius 2 is 1.91 bits per heavy atom. The van der Waals surface area contributed by atoms with Gasteiger partial charge in [-0.15, -0.1) is 11.3 Å². The molecule has 11 heteroatoms.